The van der Waals surface area contributed by atoms with Crippen molar-refractivity contribution in [3.8, 4) is 0 Å². The number of carbonyl (C=O) groups excluding carboxylic acids is 1. The highest BCUT2D eigenvalue weighted by Gasteiger charge is 2.29. The van der Waals surface area contributed by atoms with Crippen molar-refractivity contribution in [2.75, 3.05) is 26.4 Å². The minimum Gasteiger partial charge on any atom is -0.480 e. The summed E-state index contributed by atoms with van der Waals surface area (Å²) in [6.07, 6.45) is 41.5. The van der Waals surface area contributed by atoms with Gasteiger partial charge in [0.25, 0.3) is 0 Å². The van der Waals surface area contributed by atoms with E-state index in [0.717, 1.165) is 70.6 Å². The molecule has 0 aromatic rings. The Morgan fingerprint density at radius 3 is 1.45 bits per heavy atom. The molecule has 0 aromatic carbocycles. The molecule has 0 radical (unpaired) electrons. The van der Waals surface area contributed by atoms with E-state index in [1.54, 1.807) is 0 Å². The predicted molar refractivity (Wildman–Crippen MR) is 267 cm³/mol. The van der Waals surface area contributed by atoms with Gasteiger partial charge in [-0.3, -0.25) is 0 Å². The van der Waals surface area contributed by atoms with Gasteiger partial charge >= 0.3 is 11.9 Å². The smallest absolute Gasteiger partial charge is 0.332 e. The van der Waals surface area contributed by atoms with Crippen LogP contribution in [0.1, 0.15) is 179 Å². The third-order valence-corrected chi connectivity index (χ3v) is 12.2. The van der Waals surface area contributed by atoms with Gasteiger partial charge in [-0.15, -0.1) is 0 Å². The van der Waals surface area contributed by atoms with E-state index in [1.165, 1.54) is 54.4 Å². The van der Waals surface area contributed by atoms with E-state index in [1.807, 2.05) is 57.2 Å². The molecule has 8 nitrogen and oxygen atoms in total. The van der Waals surface area contributed by atoms with Crippen LogP contribution < -0.4 is 0 Å². The Hall–Kier alpha value is -3.30. The molecule has 0 saturated heterocycles. The van der Waals surface area contributed by atoms with Crippen LogP contribution in [0.3, 0.4) is 0 Å². The standard InChI is InChI=1S/C30H50O4.C26H42O4/c1-24(2)13-12-14-25(3)17-18-27(31)16-9-11-21-30(7)20-10-8-15-26(30)19-22-33-23-28(32)34-29(4,5)6;1-21(2)10-9-11-22(3)14-15-24(27)13-6-8-18-26(4)17-7-5-12-23(26)16-19-30-20-25(28)29/h9,11,13,16,19,21,25,27,31H,8,10,12,14-15,17-18,20,22-23H2,1-7H3;6,8,10,13,16,18,22,24,27H,5,7,9,11-12,14-15,17,19-20H2,1-4H3,(H,28,29)/b16-9+,21-11+,26-19+;13-6+,18-8+,23-16+/t25-,27+,30-;22?,24?,26-/m00/s1. The number of aliphatic carboxylic acids is 1. The molecule has 64 heavy (non-hydrogen) atoms. The Morgan fingerprint density at radius 2 is 1.06 bits per heavy atom. The van der Waals surface area contributed by atoms with Crippen LogP contribution in [0.2, 0.25) is 0 Å². The first kappa shape index (κ1) is 58.7. The number of esters is 1. The summed E-state index contributed by atoms with van der Waals surface area (Å²) in [5.74, 6) is -0.0224. The molecule has 0 amide bonds. The van der Waals surface area contributed by atoms with Gasteiger partial charge in [-0.05, 0) is 150 Å². The van der Waals surface area contributed by atoms with Gasteiger partial charge in [0.1, 0.15) is 18.8 Å². The molecule has 2 fully saturated rings. The Labute approximate surface area is 390 Å². The Morgan fingerprint density at radius 1 is 0.641 bits per heavy atom. The fourth-order valence-corrected chi connectivity index (χ4v) is 8.16. The molecule has 0 aliphatic heterocycles. The van der Waals surface area contributed by atoms with Crippen LogP contribution in [0.15, 0.2) is 95.2 Å². The Kier molecular flexibility index (Phi) is 29.7. The van der Waals surface area contributed by atoms with Crippen molar-refractivity contribution >= 4 is 11.9 Å². The lowest BCUT2D eigenvalue weighted by atomic mass is 9.71. The minimum absolute atomic E-state index is 0.0116. The summed E-state index contributed by atoms with van der Waals surface area (Å²) in [5.41, 5.74) is 4.89. The van der Waals surface area contributed by atoms with Gasteiger partial charge in [0.15, 0.2) is 0 Å². The van der Waals surface area contributed by atoms with Crippen molar-refractivity contribution in [3.63, 3.8) is 0 Å². The number of aliphatic hydroxyl groups excluding tert-OH is 2. The third kappa shape index (κ3) is 29.3. The van der Waals surface area contributed by atoms with Gasteiger partial charge in [-0.1, -0.05) is 136 Å². The lowest BCUT2D eigenvalue weighted by Gasteiger charge is -2.34. The molecule has 2 rings (SSSR count). The molecule has 2 saturated carbocycles. The highest BCUT2D eigenvalue weighted by atomic mass is 16.6. The Balaban J connectivity index is 0.000000645. The van der Waals surface area contributed by atoms with Gasteiger partial charge in [-0.25, -0.2) is 9.59 Å². The quantitative estimate of drug-likeness (QED) is 0.0340. The summed E-state index contributed by atoms with van der Waals surface area (Å²) >= 11 is 0. The molecule has 0 aromatic heterocycles. The molecule has 8 heteroatoms. The maximum atomic E-state index is 11.8. The van der Waals surface area contributed by atoms with Crippen molar-refractivity contribution < 1.29 is 39.1 Å². The predicted octanol–water partition coefficient (Wildman–Crippen LogP) is 13.7. The largest absolute Gasteiger partial charge is 0.480 e. The zero-order chi connectivity index (χ0) is 48.0. The number of carboxylic acid groups (broad SMARTS) is 1. The highest BCUT2D eigenvalue weighted by Crippen LogP contribution is 2.43. The summed E-state index contributed by atoms with van der Waals surface area (Å²) < 4.78 is 16.0. The summed E-state index contributed by atoms with van der Waals surface area (Å²) in [6, 6.07) is 0. The number of rotatable bonds is 26. The second kappa shape index (κ2) is 32.4. The first-order valence-electron chi connectivity index (χ1n) is 24.5. The van der Waals surface area contributed by atoms with Gasteiger partial charge in [0.05, 0.1) is 25.4 Å². The second-order valence-corrected chi connectivity index (χ2v) is 20.4. The molecule has 2 aliphatic rings. The van der Waals surface area contributed by atoms with E-state index in [9.17, 15) is 19.8 Å². The van der Waals surface area contributed by atoms with Crippen molar-refractivity contribution in [3.05, 3.63) is 95.2 Å². The lowest BCUT2D eigenvalue weighted by Crippen LogP contribution is -2.26. The van der Waals surface area contributed by atoms with E-state index in [0.29, 0.717) is 25.0 Å². The first-order valence-corrected chi connectivity index (χ1v) is 24.5. The van der Waals surface area contributed by atoms with Crippen molar-refractivity contribution in [1.82, 2.24) is 0 Å². The molecule has 2 aliphatic carbocycles. The van der Waals surface area contributed by atoms with Crippen molar-refractivity contribution in [1.29, 1.82) is 0 Å². The number of hydrogen-bond acceptors (Lipinski definition) is 7. The number of carboxylic acids is 1. The molecule has 0 heterocycles. The van der Waals surface area contributed by atoms with Gasteiger partial charge in [0, 0.05) is 10.8 Å². The molecule has 0 spiro atoms. The van der Waals surface area contributed by atoms with Gasteiger partial charge < -0.3 is 29.5 Å². The van der Waals surface area contributed by atoms with Crippen LogP contribution in [0, 0.1) is 22.7 Å². The van der Waals surface area contributed by atoms with Crippen LogP contribution >= 0.6 is 0 Å². The fraction of sp³-hybridized carbons (Fsp3) is 0.679. The topological polar surface area (TPSA) is 123 Å². The van der Waals surface area contributed by atoms with E-state index < -0.39 is 23.8 Å². The summed E-state index contributed by atoms with van der Waals surface area (Å²) in [6.45, 7) is 23.6. The molecule has 364 valence electrons. The average Bonchev–Trinajstić information content (AvgIpc) is 3.20. The van der Waals surface area contributed by atoms with Gasteiger partial charge in [0.2, 0.25) is 0 Å². The summed E-state index contributed by atoms with van der Waals surface area (Å²) in [4.78, 5) is 22.4. The zero-order valence-corrected chi connectivity index (χ0v) is 42.3. The molecule has 6 atom stereocenters. The second-order valence-electron chi connectivity index (χ2n) is 20.4. The molecule has 2 unspecified atom stereocenters. The first-order chi connectivity index (χ1) is 30.1. The van der Waals surface area contributed by atoms with E-state index in [2.05, 4.69) is 91.8 Å². The zero-order valence-electron chi connectivity index (χ0n) is 42.3. The van der Waals surface area contributed by atoms with E-state index >= 15 is 0 Å². The van der Waals surface area contributed by atoms with E-state index in [-0.39, 0.29) is 30.0 Å². The Bertz CT molecular complexity index is 1580. The van der Waals surface area contributed by atoms with Gasteiger partial charge in [-0.2, -0.15) is 0 Å². The van der Waals surface area contributed by atoms with Crippen molar-refractivity contribution in [2.45, 2.75) is 197 Å². The normalized spacial score (nSPS) is 22.7. The van der Waals surface area contributed by atoms with Crippen LogP contribution in [0.5, 0.6) is 0 Å². The molecular weight excluding hydrogens is 801 g/mol. The maximum Gasteiger partial charge on any atom is 0.332 e. The monoisotopic (exact) mass is 893 g/mol. The minimum atomic E-state index is -0.939. The summed E-state index contributed by atoms with van der Waals surface area (Å²) in [5, 5.41) is 29.3. The summed E-state index contributed by atoms with van der Waals surface area (Å²) in [7, 11) is 0. The number of aliphatic hydroxyl groups is 2. The number of carbonyl (C=O) groups is 2. The average molecular weight is 893 g/mol. The third-order valence-electron chi connectivity index (χ3n) is 12.2. The fourth-order valence-electron chi connectivity index (χ4n) is 8.16. The molecule has 3 N–H and O–H groups in total. The van der Waals surface area contributed by atoms with Crippen molar-refractivity contribution in [2.24, 2.45) is 22.7 Å². The van der Waals surface area contributed by atoms with Crippen LogP contribution in [0.4, 0.5) is 0 Å². The number of ether oxygens (including phenoxy) is 3. The highest BCUT2D eigenvalue weighted by molar-refractivity contribution is 5.71. The van der Waals surface area contributed by atoms with Crippen LogP contribution in [-0.2, 0) is 23.8 Å². The SMILES string of the molecule is CC(C)=CCCC(C)CCC(O)/C=C/C=C/[C@]1(C)CCCC/C1=C\COCC(=O)O.CC(C)=CCC[C@H](C)CC[C@H](O)/C=C/C=C/[C@]1(C)CCCC/C1=C\COCC(=O)OC(C)(C)C. The molecule has 0 bridgehead atoms. The molecular formula is C56H92O8. The maximum absolute atomic E-state index is 11.8. The number of hydrogen-bond donors (Lipinski definition) is 3. The van der Waals surface area contributed by atoms with E-state index in [4.69, 9.17) is 19.3 Å². The van der Waals surface area contributed by atoms with Crippen LogP contribution in [-0.4, -0.2) is 71.5 Å². The number of allylic oxidation sites excluding steroid dienone is 12. The van der Waals surface area contributed by atoms with Crippen LogP contribution in [0.25, 0.3) is 0 Å². The lowest BCUT2D eigenvalue weighted by molar-refractivity contribution is -0.159.